The fourth-order valence-corrected chi connectivity index (χ4v) is 2.88. The number of hydrogen-bond acceptors (Lipinski definition) is 3. The van der Waals surface area contributed by atoms with Gasteiger partial charge in [-0.2, -0.15) is 0 Å². The Hall–Kier alpha value is -1.88. The minimum atomic E-state index is -0.0281. The van der Waals surface area contributed by atoms with Crippen LogP contribution in [0.2, 0.25) is 0 Å². The van der Waals surface area contributed by atoms with Gasteiger partial charge in [0.1, 0.15) is 6.61 Å². The molecule has 2 amide bonds. The molecule has 126 valence electrons. The van der Waals surface area contributed by atoms with Crippen LogP contribution in [0.4, 0.5) is 0 Å². The highest BCUT2D eigenvalue weighted by Crippen LogP contribution is 2.18. The third-order valence-electron chi connectivity index (χ3n) is 4.24. The van der Waals surface area contributed by atoms with Crippen molar-refractivity contribution in [3.63, 3.8) is 0 Å². The van der Waals surface area contributed by atoms with E-state index < -0.39 is 0 Å². The zero-order valence-electron chi connectivity index (χ0n) is 14.0. The van der Waals surface area contributed by atoms with Crippen molar-refractivity contribution >= 4 is 11.8 Å². The lowest BCUT2D eigenvalue weighted by atomic mass is 10.1. The molecule has 0 radical (unpaired) electrons. The van der Waals surface area contributed by atoms with Gasteiger partial charge in [0, 0.05) is 38.7 Å². The van der Waals surface area contributed by atoms with E-state index in [0.717, 1.165) is 12.0 Å². The molecule has 0 unspecified atom stereocenters. The van der Waals surface area contributed by atoms with Gasteiger partial charge in [-0.15, -0.1) is 0 Å². The zero-order valence-corrected chi connectivity index (χ0v) is 14.0. The molecule has 0 spiro atoms. The summed E-state index contributed by atoms with van der Waals surface area (Å²) in [4.78, 5) is 28.4. The zero-order chi connectivity index (χ0) is 16.7. The number of rotatable bonds is 6. The highest BCUT2D eigenvalue weighted by molar-refractivity contribution is 5.81. The molecule has 1 fully saturated rings. The van der Waals surface area contributed by atoms with E-state index in [-0.39, 0.29) is 24.5 Å². The molecule has 5 heteroatoms. The van der Waals surface area contributed by atoms with Crippen molar-refractivity contribution < 1.29 is 14.3 Å². The standard InChI is InChI=1S/C18H26N2O3/c1-3-16-13-19(18(22)14-23-4-2)11-10-17(21)20(16)12-15-8-6-5-7-9-15/h5-9,16H,3-4,10-14H2,1-2H3/t16-/m1/s1. The molecule has 1 heterocycles. The van der Waals surface area contributed by atoms with E-state index in [0.29, 0.717) is 32.7 Å². The Bertz CT molecular complexity index is 518. The van der Waals surface area contributed by atoms with Crippen molar-refractivity contribution in [2.75, 3.05) is 26.3 Å². The monoisotopic (exact) mass is 318 g/mol. The van der Waals surface area contributed by atoms with Crippen LogP contribution in [0.1, 0.15) is 32.3 Å². The minimum absolute atomic E-state index is 0.0281. The van der Waals surface area contributed by atoms with Crippen molar-refractivity contribution in [1.82, 2.24) is 9.80 Å². The first kappa shape index (κ1) is 17.5. The minimum Gasteiger partial charge on any atom is -0.372 e. The van der Waals surface area contributed by atoms with Crippen molar-refractivity contribution in [2.24, 2.45) is 0 Å². The maximum absolute atomic E-state index is 12.5. The Kier molecular flexibility index (Phi) is 6.59. The third kappa shape index (κ3) is 4.79. The van der Waals surface area contributed by atoms with Crippen LogP contribution in [0.15, 0.2) is 30.3 Å². The van der Waals surface area contributed by atoms with Crippen LogP contribution in [0, 0.1) is 0 Å². The summed E-state index contributed by atoms with van der Waals surface area (Å²) in [5.41, 5.74) is 1.12. The Morgan fingerprint density at radius 3 is 2.65 bits per heavy atom. The molecular weight excluding hydrogens is 292 g/mol. The molecule has 1 saturated heterocycles. The van der Waals surface area contributed by atoms with Crippen LogP contribution in [-0.4, -0.2) is 54.0 Å². The van der Waals surface area contributed by atoms with Crippen LogP contribution in [0.25, 0.3) is 0 Å². The highest BCUT2D eigenvalue weighted by atomic mass is 16.5. The maximum Gasteiger partial charge on any atom is 0.248 e. The third-order valence-corrected chi connectivity index (χ3v) is 4.24. The molecule has 2 rings (SSSR count). The molecular formula is C18H26N2O3. The normalized spacial score (nSPS) is 18.9. The first-order valence-electron chi connectivity index (χ1n) is 8.34. The Balaban J connectivity index is 2.08. The second kappa shape index (κ2) is 8.67. The Morgan fingerprint density at radius 1 is 1.26 bits per heavy atom. The predicted molar refractivity (Wildman–Crippen MR) is 88.8 cm³/mol. The molecule has 0 aromatic heterocycles. The molecule has 0 bridgehead atoms. The SMILES string of the molecule is CCOCC(=O)N1CCC(=O)N(Cc2ccccc2)[C@H](CC)C1. The van der Waals surface area contributed by atoms with E-state index in [1.165, 1.54) is 0 Å². The first-order chi connectivity index (χ1) is 11.2. The molecule has 1 aliphatic rings. The molecule has 1 aromatic rings. The second-order valence-electron chi connectivity index (χ2n) is 5.80. The molecule has 0 aliphatic carbocycles. The lowest BCUT2D eigenvalue weighted by molar-refractivity contribution is -0.136. The molecule has 1 atom stereocenters. The summed E-state index contributed by atoms with van der Waals surface area (Å²) in [5, 5.41) is 0. The molecule has 1 aliphatic heterocycles. The average Bonchev–Trinajstić information content (AvgIpc) is 2.73. The summed E-state index contributed by atoms with van der Waals surface area (Å²) in [5.74, 6) is 0.0899. The molecule has 5 nitrogen and oxygen atoms in total. The first-order valence-corrected chi connectivity index (χ1v) is 8.34. The van der Waals surface area contributed by atoms with Gasteiger partial charge in [-0.3, -0.25) is 9.59 Å². The number of benzene rings is 1. The van der Waals surface area contributed by atoms with Gasteiger partial charge in [-0.1, -0.05) is 37.3 Å². The van der Waals surface area contributed by atoms with E-state index in [1.807, 2.05) is 42.2 Å². The van der Waals surface area contributed by atoms with Crippen LogP contribution in [0.5, 0.6) is 0 Å². The van der Waals surface area contributed by atoms with Crippen molar-refractivity contribution in [3.8, 4) is 0 Å². The second-order valence-corrected chi connectivity index (χ2v) is 5.80. The Morgan fingerprint density at radius 2 is 2.00 bits per heavy atom. The van der Waals surface area contributed by atoms with Gasteiger partial charge < -0.3 is 14.5 Å². The Labute approximate surface area is 138 Å². The van der Waals surface area contributed by atoms with Crippen molar-refractivity contribution in [2.45, 2.75) is 39.3 Å². The quantitative estimate of drug-likeness (QED) is 0.807. The van der Waals surface area contributed by atoms with E-state index >= 15 is 0 Å². The number of nitrogens with zero attached hydrogens (tertiary/aromatic N) is 2. The van der Waals surface area contributed by atoms with Gasteiger partial charge in [0.05, 0.1) is 0 Å². The van der Waals surface area contributed by atoms with Crippen molar-refractivity contribution in [1.29, 1.82) is 0 Å². The van der Waals surface area contributed by atoms with Gasteiger partial charge in [0.25, 0.3) is 0 Å². The van der Waals surface area contributed by atoms with Gasteiger partial charge in [0.2, 0.25) is 11.8 Å². The summed E-state index contributed by atoms with van der Waals surface area (Å²) in [6.45, 7) is 6.22. The molecule has 1 aromatic carbocycles. The summed E-state index contributed by atoms with van der Waals surface area (Å²) >= 11 is 0. The summed E-state index contributed by atoms with van der Waals surface area (Å²) in [7, 11) is 0. The smallest absolute Gasteiger partial charge is 0.248 e. The highest BCUT2D eigenvalue weighted by Gasteiger charge is 2.30. The van der Waals surface area contributed by atoms with E-state index in [4.69, 9.17) is 4.74 Å². The molecule has 0 N–H and O–H groups in total. The average molecular weight is 318 g/mol. The summed E-state index contributed by atoms with van der Waals surface area (Å²) in [6.07, 6.45) is 1.21. The fourth-order valence-electron chi connectivity index (χ4n) is 2.88. The lowest BCUT2D eigenvalue weighted by Gasteiger charge is -2.31. The number of amides is 2. The lowest BCUT2D eigenvalue weighted by Crippen LogP contribution is -2.44. The summed E-state index contributed by atoms with van der Waals surface area (Å²) < 4.78 is 5.22. The number of ether oxygens (including phenoxy) is 1. The van der Waals surface area contributed by atoms with E-state index in [9.17, 15) is 9.59 Å². The van der Waals surface area contributed by atoms with E-state index in [1.54, 1.807) is 4.90 Å². The number of carbonyl (C=O) groups is 2. The van der Waals surface area contributed by atoms with Crippen molar-refractivity contribution in [3.05, 3.63) is 35.9 Å². The number of carbonyl (C=O) groups excluding carboxylic acids is 2. The van der Waals surface area contributed by atoms with Crippen LogP contribution in [-0.2, 0) is 20.9 Å². The topological polar surface area (TPSA) is 49.9 Å². The van der Waals surface area contributed by atoms with Gasteiger partial charge >= 0.3 is 0 Å². The van der Waals surface area contributed by atoms with Crippen LogP contribution in [0.3, 0.4) is 0 Å². The molecule has 23 heavy (non-hydrogen) atoms. The number of hydrogen-bond donors (Lipinski definition) is 0. The van der Waals surface area contributed by atoms with E-state index in [2.05, 4.69) is 6.92 Å². The van der Waals surface area contributed by atoms with Gasteiger partial charge in [-0.25, -0.2) is 0 Å². The maximum atomic E-state index is 12.5. The van der Waals surface area contributed by atoms with Gasteiger partial charge in [0.15, 0.2) is 0 Å². The fraction of sp³-hybridized carbons (Fsp3) is 0.556. The largest absolute Gasteiger partial charge is 0.372 e. The van der Waals surface area contributed by atoms with Gasteiger partial charge in [-0.05, 0) is 18.9 Å². The van der Waals surface area contributed by atoms with Crippen LogP contribution >= 0.6 is 0 Å². The predicted octanol–water partition coefficient (Wildman–Crippen LogP) is 2.06. The molecule has 0 saturated carbocycles. The summed E-state index contributed by atoms with van der Waals surface area (Å²) in [6, 6.07) is 10.0. The van der Waals surface area contributed by atoms with Crippen LogP contribution < -0.4 is 0 Å².